The van der Waals surface area contributed by atoms with Crippen molar-refractivity contribution in [2.45, 2.75) is 19.6 Å². The van der Waals surface area contributed by atoms with Gasteiger partial charge in [0.1, 0.15) is 0 Å². The Morgan fingerprint density at radius 2 is 2.20 bits per heavy atom. The molecule has 0 aromatic heterocycles. The van der Waals surface area contributed by atoms with Gasteiger partial charge in [0.2, 0.25) is 0 Å². The van der Waals surface area contributed by atoms with Gasteiger partial charge in [0.25, 0.3) is 0 Å². The zero-order valence-electron chi connectivity index (χ0n) is 8.73. The fourth-order valence-electron chi connectivity index (χ4n) is 1.23. The van der Waals surface area contributed by atoms with Crippen LogP contribution in [0.2, 0.25) is 0 Å². The summed E-state index contributed by atoms with van der Waals surface area (Å²) in [6.07, 6.45) is 0. The second-order valence-electron chi connectivity index (χ2n) is 3.57. The molecular formula is C11H15N3O. The lowest BCUT2D eigenvalue weighted by Gasteiger charge is -2.07. The van der Waals surface area contributed by atoms with E-state index in [4.69, 9.17) is 21.5 Å². The molecule has 0 spiro atoms. The fourth-order valence-corrected chi connectivity index (χ4v) is 1.23. The molecule has 1 atom stereocenters. The molecule has 0 aliphatic carbocycles. The first-order valence-electron chi connectivity index (χ1n) is 4.74. The van der Waals surface area contributed by atoms with Crippen LogP contribution in [0.4, 0.5) is 5.69 Å². The number of hydrogen-bond acceptors (Lipinski definition) is 4. The molecule has 1 aromatic rings. The van der Waals surface area contributed by atoms with E-state index in [9.17, 15) is 0 Å². The van der Waals surface area contributed by atoms with Crippen molar-refractivity contribution < 1.29 is 4.74 Å². The molecule has 0 unspecified atom stereocenters. The van der Waals surface area contributed by atoms with Crippen molar-refractivity contribution in [3.05, 3.63) is 29.3 Å². The number of anilines is 1. The van der Waals surface area contributed by atoms with Gasteiger partial charge in [-0.05, 0) is 30.7 Å². The second-order valence-corrected chi connectivity index (χ2v) is 3.57. The number of benzene rings is 1. The van der Waals surface area contributed by atoms with E-state index in [-0.39, 0.29) is 6.04 Å². The molecule has 0 saturated carbocycles. The topological polar surface area (TPSA) is 85.1 Å². The lowest BCUT2D eigenvalue weighted by molar-refractivity contribution is 0.111. The van der Waals surface area contributed by atoms with Gasteiger partial charge in [-0.25, -0.2) is 0 Å². The molecule has 0 aliphatic rings. The van der Waals surface area contributed by atoms with Gasteiger partial charge in [-0.15, -0.1) is 0 Å². The molecule has 4 N–H and O–H groups in total. The third-order valence-electron chi connectivity index (χ3n) is 1.79. The van der Waals surface area contributed by atoms with Crippen LogP contribution in [0.15, 0.2) is 18.2 Å². The monoisotopic (exact) mass is 205 g/mol. The highest BCUT2D eigenvalue weighted by atomic mass is 16.5. The maximum Gasteiger partial charge on any atom is 0.0992 e. The van der Waals surface area contributed by atoms with Crippen molar-refractivity contribution in [1.82, 2.24) is 0 Å². The fraction of sp³-hybridized carbons (Fsp3) is 0.364. The molecule has 0 heterocycles. The molecular weight excluding hydrogens is 190 g/mol. The largest absolute Gasteiger partial charge is 0.399 e. The van der Waals surface area contributed by atoms with Crippen molar-refractivity contribution in [3.63, 3.8) is 0 Å². The lowest BCUT2D eigenvalue weighted by Crippen LogP contribution is -2.21. The highest BCUT2D eigenvalue weighted by Gasteiger charge is 2.00. The lowest BCUT2D eigenvalue weighted by atomic mass is 10.1. The van der Waals surface area contributed by atoms with E-state index in [1.54, 1.807) is 18.2 Å². The molecule has 0 amide bonds. The van der Waals surface area contributed by atoms with Crippen LogP contribution < -0.4 is 11.5 Å². The maximum absolute atomic E-state index is 8.73. The normalized spacial score (nSPS) is 12.1. The Labute approximate surface area is 89.4 Å². The first-order valence-corrected chi connectivity index (χ1v) is 4.74. The van der Waals surface area contributed by atoms with Crippen LogP contribution in [0.25, 0.3) is 0 Å². The Morgan fingerprint density at radius 1 is 1.47 bits per heavy atom. The minimum atomic E-state index is 0.0153. The van der Waals surface area contributed by atoms with Crippen LogP contribution in [-0.4, -0.2) is 12.6 Å². The standard InChI is InChI=1S/C11H15N3O/c1-8(13)6-15-7-10-2-9(5-12)3-11(14)4-10/h2-4,8H,6-7,13-14H2,1H3/t8-/m1/s1. The Morgan fingerprint density at radius 3 is 2.80 bits per heavy atom. The van der Waals surface area contributed by atoms with Crippen LogP contribution in [0.1, 0.15) is 18.1 Å². The molecule has 0 saturated heterocycles. The highest BCUT2D eigenvalue weighted by Crippen LogP contribution is 2.12. The van der Waals surface area contributed by atoms with Gasteiger partial charge < -0.3 is 16.2 Å². The van der Waals surface area contributed by atoms with Crippen molar-refractivity contribution in [1.29, 1.82) is 5.26 Å². The van der Waals surface area contributed by atoms with Gasteiger partial charge in [-0.1, -0.05) is 0 Å². The zero-order valence-corrected chi connectivity index (χ0v) is 8.73. The van der Waals surface area contributed by atoms with E-state index in [1.807, 2.05) is 13.0 Å². The summed E-state index contributed by atoms with van der Waals surface area (Å²) in [7, 11) is 0. The summed E-state index contributed by atoms with van der Waals surface area (Å²) in [6, 6.07) is 7.25. The maximum atomic E-state index is 8.73. The Bertz CT molecular complexity index is 369. The van der Waals surface area contributed by atoms with E-state index < -0.39 is 0 Å². The van der Waals surface area contributed by atoms with Gasteiger partial charge >= 0.3 is 0 Å². The predicted octanol–water partition coefficient (Wildman–Crippen LogP) is 1.00. The van der Waals surface area contributed by atoms with Gasteiger partial charge in [-0.3, -0.25) is 0 Å². The van der Waals surface area contributed by atoms with Crippen LogP contribution in [0.5, 0.6) is 0 Å². The number of nitrogens with zero attached hydrogens (tertiary/aromatic N) is 1. The number of nitrogens with two attached hydrogens (primary N) is 2. The number of rotatable bonds is 4. The number of nitrogen functional groups attached to an aromatic ring is 1. The van der Waals surface area contributed by atoms with Crippen molar-refractivity contribution in [3.8, 4) is 6.07 Å². The Balaban J connectivity index is 2.61. The van der Waals surface area contributed by atoms with Crippen LogP contribution in [0, 0.1) is 11.3 Å². The van der Waals surface area contributed by atoms with E-state index in [0.717, 1.165) is 5.56 Å². The summed E-state index contributed by atoms with van der Waals surface area (Å²) in [4.78, 5) is 0. The molecule has 4 heteroatoms. The summed E-state index contributed by atoms with van der Waals surface area (Å²) >= 11 is 0. The molecule has 1 aromatic carbocycles. The third-order valence-corrected chi connectivity index (χ3v) is 1.79. The second kappa shape index (κ2) is 5.35. The smallest absolute Gasteiger partial charge is 0.0992 e. The third kappa shape index (κ3) is 3.98. The average molecular weight is 205 g/mol. The van der Waals surface area contributed by atoms with Crippen LogP contribution in [0.3, 0.4) is 0 Å². The van der Waals surface area contributed by atoms with E-state index in [1.165, 1.54) is 0 Å². The van der Waals surface area contributed by atoms with Gasteiger partial charge in [0.15, 0.2) is 0 Å². The summed E-state index contributed by atoms with van der Waals surface area (Å²) in [5.41, 5.74) is 13.2. The van der Waals surface area contributed by atoms with Crippen molar-refractivity contribution >= 4 is 5.69 Å². The van der Waals surface area contributed by atoms with Crippen LogP contribution in [-0.2, 0) is 11.3 Å². The van der Waals surface area contributed by atoms with Gasteiger partial charge in [0.05, 0.1) is 24.8 Å². The molecule has 80 valence electrons. The average Bonchev–Trinajstić information content (AvgIpc) is 2.16. The highest BCUT2D eigenvalue weighted by molar-refractivity contribution is 5.48. The number of hydrogen-bond donors (Lipinski definition) is 2. The summed E-state index contributed by atoms with van der Waals surface area (Å²) in [5, 5.41) is 8.73. The zero-order chi connectivity index (χ0) is 11.3. The number of ether oxygens (including phenoxy) is 1. The molecule has 0 aliphatic heterocycles. The Kier molecular flexibility index (Phi) is 4.10. The Hall–Kier alpha value is -1.57. The first-order chi connectivity index (χ1) is 7.11. The van der Waals surface area contributed by atoms with Crippen molar-refractivity contribution in [2.75, 3.05) is 12.3 Å². The summed E-state index contributed by atoms with van der Waals surface area (Å²) in [6.45, 7) is 2.80. The minimum Gasteiger partial charge on any atom is -0.399 e. The van der Waals surface area contributed by atoms with Crippen molar-refractivity contribution in [2.24, 2.45) is 5.73 Å². The van der Waals surface area contributed by atoms with Gasteiger partial charge in [-0.2, -0.15) is 5.26 Å². The number of nitriles is 1. The molecule has 4 nitrogen and oxygen atoms in total. The molecule has 0 bridgehead atoms. The van der Waals surface area contributed by atoms with Crippen LogP contribution >= 0.6 is 0 Å². The molecule has 0 fully saturated rings. The minimum absolute atomic E-state index is 0.0153. The SMILES string of the molecule is C[C@@H](N)COCc1cc(N)cc(C#N)c1. The summed E-state index contributed by atoms with van der Waals surface area (Å²) < 4.78 is 5.35. The predicted molar refractivity (Wildman–Crippen MR) is 58.9 cm³/mol. The molecule has 15 heavy (non-hydrogen) atoms. The van der Waals surface area contributed by atoms with E-state index in [2.05, 4.69) is 0 Å². The molecule has 1 rings (SSSR count). The quantitative estimate of drug-likeness (QED) is 0.718. The molecule has 0 radical (unpaired) electrons. The first kappa shape index (κ1) is 11.5. The van der Waals surface area contributed by atoms with Gasteiger partial charge in [0, 0.05) is 11.7 Å². The summed E-state index contributed by atoms with van der Waals surface area (Å²) in [5.74, 6) is 0. The van der Waals surface area contributed by atoms with E-state index in [0.29, 0.717) is 24.5 Å². The van der Waals surface area contributed by atoms with E-state index >= 15 is 0 Å².